The van der Waals surface area contributed by atoms with Gasteiger partial charge in [-0.05, 0) is 72.8 Å². The molecule has 6 N–H and O–H groups in total. The van der Waals surface area contributed by atoms with Gasteiger partial charge in [-0.15, -0.1) is 0 Å². The summed E-state index contributed by atoms with van der Waals surface area (Å²) < 4.78 is 75.5. The first-order valence-electron chi connectivity index (χ1n) is 10.2. The highest BCUT2D eigenvalue weighted by molar-refractivity contribution is 7.86. The van der Waals surface area contributed by atoms with Gasteiger partial charge < -0.3 is 20.9 Å². The normalized spacial score (nSPS) is 11.7. The molecule has 4 aromatic carbocycles. The Balaban J connectivity index is 1.72. The molecule has 0 amide bonds. The Labute approximate surface area is 207 Å². The lowest BCUT2D eigenvalue weighted by Crippen LogP contribution is -1.98. The molecule has 0 heterocycles. The zero-order chi connectivity index (χ0) is 26.1. The SMILES string of the molecule is Nc1ccc(-c2ccc(N)cc2Oc2ccc(S(=O)(=O)O)cc2)c(Oc2ccc(S(=O)(=O)O)cc2)c1. The van der Waals surface area contributed by atoms with Crippen molar-refractivity contribution in [1.82, 2.24) is 0 Å². The van der Waals surface area contributed by atoms with E-state index in [1.54, 1.807) is 36.4 Å². The van der Waals surface area contributed by atoms with Crippen LogP contribution in [0.3, 0.4) is 0 Å². The molecule has 12 heteroatoms. The summed E-state index contributed by atoms with van der Waals surface area (Å²) in [6.45, 7) is 0. The first-order chi connectivity index (χ1) is 16.9. The molecular formula is C24H20N2O8S2. The molecular weight excluding hydrogens is 508 g/mol. The highest BCUT2D eigenvalue weighted by Gasteiger charge is 2.16. The van der Waals surface area contributed by atoms with E-state index in [-0.39, 0.29) is 21.3 Å². The summed E-state index contributed by atoms with van der Waals surface area (Å²) in [7, 11) is -8.70. The van der Waals surface area contributed by atoms with Crippen molar-refractivity contribution in [3.05, 3.63) is 84.9 Å². The van der Waals surface area contributed by atoms with Crippen molar-refractivity contribution in [2.24, 2.45) is 0 Å². The van der Waals surface area contributed by atoms with Gasteiger partial charge in [0.1, 0.15) is 23.0 Å². The van der Waals surface area contributed by atoms with Gasteiger partial charge in [-0.3, -0.25) is 9.11 Å². The van der Waals surface area contributed by atoms with Crippen LogP contribution in [-0.2, 0) is 20.2 Å². The average molecular weight is 529 g/mol. The number of rotatable bonds is 7. The van der Waals surface area contributed by atoms with Crippen LogP contribution < -0.4 is 20.9 Å². The van der Waals surface area contributed by atoms with Crippen molar-refractivity contribution in [3.8, 4) is 34.1 Å². The molecule has 0 aliphatic carbocycles. The third-order valence-corrected chi connectivity index (χ3v) is 6.74. The van der Waals surface area contributed by atoms with Crippen LogP contribution in [0, 0.1) is 0 Å². The highest BCUT2D eigenvalue weighted by atomic mass is 32.2. The Morgan fingerprint density at radius 3 is 1.17 bits per heavy atom. The van der Waals surface area contributed by atoms with Gasteiger partial charge >= 0.3 is 0 Å². The smallest absolute Gasteiger partial charge is 0.294 e. The maximum Gasteiger partial charge on any atom is 0.294 e. The molecule has 0 saturated heterocycles. The minimum absolute atomic E-state index is 0.281. The summed E-state index contributed by atoms with van der Waals surface area (Å²) in [5.74, 6) is 1.22. The summed E-state index contributed by atoms with van der Waals surface area (Å²) in [4.78, 5) is -0.561. The molecule has 0 saturated carbocycles. The summed E-state index contributed by atoms with van der Waals surface area (Å²) in [6.07, 6.45) is 0. The lowest BCUT2D eigenvalue weighted by Gasteiger charge is -2.16. The fraction of sp³-hybridized carbons (Fsp3) is 0. The minimum atomic E-state index is -4.35. The van der Waals surface area contributed by atoms with E-state index in [9.17, 15) is 25.9 Å². The quantitative estimate of drug-likeness (QED) is 0.196. The van der Waals surface area contributed by atoms with Crippen LogP contribution in [0.25, 0.3) is 11.1 Å². The fourth-order valence-corrected chi connectivity index (χ4v) is 4.27. The van der Waals surface area contributed by atoms with Gasteiger partial charge in [0.2, 0.25) is 0 Å². The predicted octanol–water partition coefficient (Wildman–Crippen LogP) is 4.60. The van der Waals surface area contributed by atoms with E-state index in [4.69, 9.17) is 20.9 Å². The second-order valence-electron chi connectivity index (χ2n) is 7.61. The van der Waals surface area contributed by atoms with Gasteiger partial charge in [0.15, 0.2) is 0 Å². The third kappa shape index (κ3) is 5.75. The molecule has 0 aliphatic rings. The average Bonchev–Trinajstić information content (AvgIpc) is 2.79. The number of nitrogen functional groups attached to an aromatic ring is 2. The maximum absolute atomic E-state index is 11.3. The largest absolute Gasteiger partial charge is 0.457 e. The van der Waals surface area contributed by atoms with Gasteiger partial charge in [0, 0.05) is 34.6 Å². The van der Waals surface area contributed by atoms with Crippen molar-refractivity contribution < 1.29 is 35.4 Å². The fourth-order valence-electron chi connectivity index (χ4n) is 3.31. The van der Waals surface area contributed by atoms with Crippen LogP contribution in [0.4, 0.5) is 11.4 Å². The standard InChI is InChI=1S/C24H20N2O8S2/c25-15-1-11-21(23(13-15)33-17-3-7-19(8-4-17)35(27,28)29)22-12-2-16(26)14-24(22)34-18-5-9-20(10-6-18)36(30,31)32/h1-14H,25-26H2,(H,27,28,29)(H,30,31,32). The summed E-state index contributed by atoms with van der Waals surface area (Å²) >= 11 is 0. The third-order valence-electron chi connectivity index (χ3n) is 5.00. The number of ether oxygens (including phenoxy) is 2. The molecule has 0 spiro atoms. The van der Waals surface area contributed by atoms with Crippen molar-refractivity contribution in [2.45, 2.75) is 9.79 Å². The van der Waals surface area contributed by atoms with Crippen LogP contribution >= 0.6 is 0 Å². The Bertz CT molecular complexity index is 1510. The Morgan fingerprint density at radius 1 is 0.528 bits per heavy atom. The molecule has 0 fully saturated rings. The topological polar surface area (TPSA) is 179 Å². The van der Waals surface area contributed by atoms with Crippen molar-refractivity contribution in [1.29, 1.82) is 0 Å². The number of hydrogen-bond donors (Lipinski definition) is 4. The molecule has 0 atom stereocenters. The number of nitrogens with two attached hydrogens (primary N) is 2. The van der Waals surface area contributed by atoms with E-state index < -0.39 is 20.2 Å². The zero-order valence-electron chi connectivity index (χ0n) is 18.4. The van der Waals surface area contributed by atoms with Crippen LogP contribution in [0.2, 0.25) is 0 Å². The molecule has 0 unspecified atom stereocenters. The van der Waals surface area contributed by atoms with Crippen LogP contribution in [0.15, 0.2) is 94.7 Å². The van der Waals surface area contributed by atoms with Crippen molar-refractivity contribution in [2.75, 3.05) is 11.5 Å². The number of anilines is 2. The molecule has 0 aromatic heterocycles. The van der Waals surface area contributed by atoms with Gasteiger partial charge in [-0.25, -0.2) is 0 Å². The van der Waals surface area contributed by atoms with Gasteiger partial charge in [0.25, 0.3) is 20.2 Å². The summed E-state index contributed by atoms with van der Waals surface area (Å²) in [5.41, 5.74) is 13.9. The Hall–Kier alpha value is -4.10. The molecule has 10 nitrogen and oxygen atoms in total. The van der Waals surface area contributed by atoms with E-state index in [1.165, 1.54) is 48.5 Å². The second-order valence-corrected chi connectivity index (χ2v) is 10.5. The van der Waals surface area contributed by atoms with E-state index in [1.807, 2.05) is 0 Å². The van der Waals surface area contributed by atoms with Gasteiger partial charge in [-0.2, -0.15) is 16.8 Å². The summed E-state index contributed by atoms with van der Waals surface area (Å²) in [5, 5.41) is 0. The van der Waals surface area contributed by atoms with Crippen LogP contribution in [0.1, 0.15) is 0 Å². The zero-order valence-corrected chi connectivity index (χ0v) is 20.0. The minimum Gasteiger partial charge on any atom is -0.457 e. The molecule has 186 valence electrons. The van der Waals surface area contributed by atoms with Crippen molar-refractivity contribution in [3.63, 3.8) is 0 Å². The number of hydrogen-bond acceptors (Lipinski definition) is 8. The highest BCUT2D eigenvalue weighted by Crippen LogP contribution is 2.42. The molecule has 36 heavy (non-hydrogen) atoms. The first-order valence-corrected chi connectivity index (χ1v) is 13.1. The van der Waals surface area contributed by atoms with E-state index in [2.05, 4.69) is 0 Å². The van der Waals surface area contributed by atoms with Gasteiger partial charge in [0.05, 0.1) is 9.79 Å². The predicted molar refractivity (Wildman–Crippen MR) is 133 cm³/mol. The lowest BCUT2D eigenvalue weighted by molar-refractivity contribution is 0.473. The second kappa shape index (κ2) is 9.51. The van der Waals surface area contributed by atoms with E-state index in [0.717, 1.165) is 0 Å². The molecule has 4 rings (SSSR count). The maximum atomic E-state index is 11.3. The first kappa shape index (κ1) is 25.0. The number of benzene rings is 4. The Morgan fingerprint density at radius 2 is 0.861 bits per heavy atom. The van der Waals surface area contributed by atoms with Gasteiger partial charge in [-0.1, -0.05) is 0 Å². The van der Waals surface area contributed by atoms with Crippen molar-refractivity contribution >= 4 is 31.6 Å². The van der Waals surface area contributed by atoms with Crippen LogP contribution in [-0.4, -0.2) is 25.9 Å². The molecule has 0 bridgehead atoms. The molecule has 4 aromatic rings. The van der Waals surface area contributed by atoms with E-state index in [0.29, 0.717) is 34.0 Å². The van der Waals surface area contributed by atoms with E-state index >= 15 is 0 Å². The Kier molecular flexibility index (Phi) is 6.61. The lowest BCUT2D eigenvalue weighted by atomic mass is 10.0. The molecule has 0 radical (unpaired) electrons. The molecule has 0 aliphatic heterocycles. The van der Waals surface area contributed by atoms with Crippen LogP contribution in [0.5, 0.6) is 23.0 Å². The summed E-state index contributed by atoms with van der Waals surface area (Å²) in [6, 6.07) is 20.2. The monoisotopic (exact) mass is 528 g/mol.